The van der Waals surface area contributed by atoms with E-state index < -0.39 is 12.1 Å². The maximum absolute atomic E-state index is 12.9. The number of ether oxygens (including phenoxy) is 3. The van der Waals surface area contributed by atoms with Gasteiger partial charge >= 0.3 is 17.9 Å². The molecule has 0 amide bonds. The first-order chi connectivity index (χ1) is 37.0. The molecule has 0 spiro atoms. The molecule has 1 atom stereocenters. The lowest BCUT2D eigenvalue weighted by Gasteiger charge is -2.18. The molecule has 0 N–H and O–H groups in total. The molecule has 0 bridgehead atoms. The average molecular weight is 1030 g/mol. The first-order valence-electron chi connectivity index (χ1n) is 29.6. The molecule has 0 saturated carbocycles. The molecule has 0 saturated heterocycles. The van der Waals surface area contributed by atoms with Crippen LogP contribution in [0.4, 0.5) is 0 Å². The summed E-state index contributed by atoms with van der Waals surface area (Å²) in [5.74, 6) is -1.10. The molecule has 0 aliphatic rings. The monoisotopic (exact) mass is 1030 g/mol. The van der Waals surface area contributed by atoms with Crippen LogP contribution < -0.4 is 0 Å². The summed E-state index contributed by atoms with van der Waals surface area (Å²) in [7, 11) is 0. The molecule has 6 nitrogen and oxygen atoms in total. The van der Waals surface area contributed by atoms with Crippen LogP contribution in [0.2, 0.25) is 0 Å². The fourth-order valence-electron chi connectivity index (χ4n) is 7.41. The first-order valence-corrected chi connectivity index (χ1v) is 29.6. The topological polar surface area (TPSA) is 78.9 Å². The van der Waals surface area contributed by atoms with E-state index in [1.54, 1.807) is 6.08 Å². The normalized spacial score (nSPS) is 13.4. The second-order valence-corrected chi connectivity index (χ2v) is 18.8. The minimum absolute atomic E-state index is 0.113. The third kappa shape index (κ3) is 59.5. The standard InChI is InChI=1S/C69H106O6/c1-4-7-10-13-16-19-22-25-28-30-32-34-36-38-41-44-47-50-53-56-59-62-68(71)74-65-66(64-73-67(70)61-58-55-52-49-46-43-40-27-24-21-18-15-12-9-6-3)75-69(72)63-60-57-54-51-48-45-42-39-37-35-33-31-29-26-23-20-17-14-11-8-5-2/h7-12,16-21,25-29,32-35,38,40-41,46,49,55,58,66H,4-6,13-15,22-24,30-31,36-37,39,42-45,47-48,50-54,56-57,59-65H2,1-3H3/b10-7-,11-8-,12-9-,19-16-,20-17-,21-18-,28-25-,29-26-,34-32-,35-33-,40-27-,41-38-,49-46-,58-55-. The fraction of sp³-hybridized carbons (Fsp3) is 0.551. The predicted molar refractivity (Wildman–Crippen MR) is 325 cm³/mol. The third-order valence-corrected chi connectivity index (χ3v) is 11.7. The molecular formula is C69H106O6. The minimum atomic E-state index is -0.841. The predicted octanol–water partition coefficient (Wildman–Crippen LogP) is 20.3. The molecule has 1 unspecified atom stereocenters. The second-order valence-electron chi connectivity index (χ2n) is 18.8. The van der Waals surface area contributed by atoms with Crippen molar-refractivity contribution in [2.24, 2.45) is 0 Å². The van der Waals surface area contributed by atoms with E-state index in [0.717, 1.165) is 161 Å². The summed E-state index contributed by atoms with van der Waals surface area (Å²) in [6.45, 7) is 6.17. The van der Waals surface area contributed by atoms with Crippen molar-refractivity contribution in [3.63, 3.8) is 0 Å². The van der Waals surface area contributed by atoms with Gasteiger partial charge in [0.25, 0.3) is 0 Å². The summed E-state index contributed by atoms with van der Waals surface area (Å²) >= 11 is 0. The minimum Gasteiger partial charge on any atom is -0.462 e. The van der Waals surface area contributed by atoms with Crippen LogP contribution in [0, 0.1) is 0 Å². The lowest BCUT2D eigenvalue weighted by atomic mass is 10.1. The van der Waals surface area contributed by atoms with E-state index in [9.17, 15) is 14.4 Å². The van der Waals surface area contributed by atoms with Crippen LogP contribution in [0.5, 0.6) is 0 Å². The van der Waals surface area contributed by atoms with E-state index in [1.807, 2.05) is 6.08 Å². The Labute approximate surface area is 460 Å². The van der Waals surface area contributed by atoms with Crippen molar-refractivity contribution < 1.29 is 28.6 Å². The van der Waals surface area contributed by atoms with Gasteiger partial charge in [-0.1, -0.05) is 249 Å². The summed E-state index contributed by atoms with van der Waals surface area (Å²) in [6.07, 6.45) is 90.8. The van der Waals surface area contributed by atoms with Gasteiger partial charge in [0.2, 0.25) is 0 Å². The second kappa shape index (κ2) is 61.3. The quantitative estimate of drug-likeness (QED) is 0.0261. The Morgan fingerprint density at radius 2 is 0.533 bits per heavy atom. The first kappa shape index (κ1) is 69.8. The Balaban J connectivity index is 4.56. The number of hydrogen-bond donors (Lipinski definition) is 0. The summed E-state index contributed by atoms with van der Waals surface area (Å²) in [5.41, 5.74) is 0. The van der Waals surface area contributed by atoms with Crippen molar-refractivity contribution in [1.29, 1.82) is 0 Å². The van der Waals surface area contributed by atoms with Crippen LogP contribution in [0.3, 0.4) is 0 Å². The summed E-state index contributed by atoms with van der Waals surface area (Å²) in [5, 5.41) is 0. The van der Waals surface area contributed by atoms with E-state index in [0.29, 0.717) is 6.42 Å². The number of carbonyl (C=O) groups excluding carboxylic acids is 3. The van der Waals surface area contributed by atoms with Crippen molar-refractivity contribution in [3.8, 4) is 0 Å². The Morgan fingerprint density at radius 3 is 0.867 bits per heavy atom. The van der Waals surface area contributed by atoms with Crippen LogP contribution in [0.15, 0.2) is 170 Å². The fourth-order valence-corrected chi connectivity index (χ4v) is 7.41. The number of rotatable bonds is 51. The highest BCUT2D eigenvalue weighted by Gasteiger charge is 2.19. The highest BCUT2D eigenvalue weighted by Crippen LogP contribution is 2.13. The molecule has 0 aliphatic heterocycles. The van der Waals surface area contributed by atoms with Crippen molar-refractivity contribution in [2.75, 3.05) is 13.2 Å². The number of allylic oxidation sites excluding steroid dienone is 27. The molecule has 0 aliphatic carbocycles. The summed E-state index contributed by atoms with van der Waals surface area (Å²) < 4.78 is 16.8. The Morgan fingerprint density at radius 1 is 0.280 bits per heavy atom. The summed E-state index contributed by atoms with van der Waals surface area (Å²) in [4.78, 5) is 38.2. The van der Waals surface area contributed by atoms with Gasteiger partial charge in [0.05, 0.1) is 6.42 Å². The van der Waals surface area contributed by atoms with Crippen LogP contribution >= 0.6 is 0 Å². The lowest BCUT2D eigenvalue weighted by Crippen LogP contribution is -2.30. The van der Waals surface area contributed by atoms with Gasteiger partial charge in [-0.2, -0.15) is 0 Å². The van der Waals surface area contributed by atoms with Gasteiger partial charge in [-0.25, -0.2) is 0 Å². The molecule has 0 aromatic rings. The Kier molecular flexibility index (Phi) is 57.0. The zero-order chi connectivity index (χ0) is 54.3. The van der Waals surface area contributed by atoms with Crippen molar-refractivity contribution >= 4 is 17.9 Å². The number of unbranched alkanes of at least 4 members (excludes halogenated alkanes) is 13. The van der Waals surface area contributed by atoms with E-state index >= 15 is 0 Å². The molecule has 0 aromatic carbocycles. The molecule has 75 heavy (non-hydrogen) atoms. The maximum Gasteiger partial charge on any atom is 0.309 e. The van der Waals surface area contributed by atoms with Gasteiger partial charge in [-0.3, -0.25) is 14.4 Å². The van der Waals surface area contributed by atoms with Crippen molar-refractivity contribution in [1.82, 2.24) is 0 Å². The number of esters is 3. The van der Waals surface area contributed by atoms with Gasteiger partial charge < -0.3 is 14.2 Å². The van der Waals surface area contributed by atoms with E-state index in [4.69, 9.17) is 14.2 Å². The summed E-state index contributed by atoms with van der Waals surface area (Å²) in [6, 6.07) is 0. The average Bonchev–Trinajstić information content (AvgIpc) is 3.41. The van der Waals surface area contributed by atoms with Crippen LogP contribution in [0.25, 0.3) is 0 Å². The highest BCUT2D eigenvalue weighted by atomic mass is 16.6. The number of carbonyl (C=O) groups is 3. The van der Waals surface area contributed by atoms with Gasteiger partial charge in [0.1, 0.15) is 13.2 Å². The molecule has 0 rings (SSSR count). The lowest BCUT2D eigenvalue weighted by molar-refractivity contribution is -0.166. The van der Waals surface area contributed by atoms with Gasteiger partial charge in [0.15, 0.2) is 6.10 Å². The smallest absolute Gasteiger partial charge is 0.309 e. The molecule has 6 heteroatoms. The SMILES string of the molecule is CC/C=C\C/C=C\C/C=C\C/C=C\C/C=C\CCCCCCCC(=O)OCC(COC(=O)C/C=C\C/C=C\C/C=C\C/C=C\C/C=C\CC)OC(=O)CCCCCCCCCC/C=C\C/C=C\C/C=C\C/C=C\CC. The maximum atomic E-state index is 12.9. The van der Waals surface area contributed by atoms with Crippen LogP contribution in [-0.4, -0.2) is 37.2 Å². The van der Waals surface area contributed by atoms with Gasteiger partial charge in [0, 0.05) is 12.8 Å². The Hall–Kier alpha value is -5.23. The number of hydrogen-bond acceptors (Lipinski definition) is 6. The van der Waals surface area contributed by atoms with Gasteiger partial charge in [-0.05, 0) is 128 Å². The van der Waals surface area contributed by atoms with E-state index in [1.165, 1.54) is 25.7 Å². The van der Waals surface area contributed by atoms with Crippen LogP contribution in [-0.2, 0) is 28.6 Å². The molecule has 0 heterocycles. The van der Waals surface area contributed by atoms with E-state index in [-0.39, 0.29) is 38.0 Å². The molecule has 0 fully saturated rings. The molecule has 0 aromatic heterocycles. The Bertz CT molecular complexity index is 1750. The largest absolute Gasteiger partial charge is 0.462 e. The van der Waals surface area contributed by atoms with Crippen molar-refractivity contribution in [3.05, 3.63) is 170 Å². The molecular weight excluding hydrogens is 925 g/mol. The van der Waals surface area contributed by atoms with Gasteiger partial charge in [-0.15, -0.1) is 0 Å². The zero-order valence-corrected chi connectivity index (χ0v) is 47.7. The van der Waals surface area contributed by atoms with Crippen LogP contribution in [0.1, 0.15) is 226 Å². The molecule has 0 radical (unpaired) electrons. The molecule has 418 valence electrons. The van der Waals surface area contributed by atoms with Crippen molar-refractivity contribution in [2.45, 2.75) is 232 Å². The van der Waals surface area contributed by atoms with E-state index in [2.05, 4.69) is 179 Å². The highest BCUT2D eigenvalue weighted by molar-refractivity contribution is 5.72. The zero-order valence-electron chi connectivity index (χ0n) is 47.7. The third-order valence-electron chi connectivity index (χ3n) is 11.7.